The first-order valence-corrected chi connectivity index (χ1v) is 39.2. The fraction of sp³-hybridized carbons (Fsp3) is 0.679. The summed E-state index contributed by atoms with van der Waals surface area (Å²) in [4.78, 5) is 13.5. The molecule has 0 aromatic carbocycles. The molecule has 3 fully saturated rings. The van der Waals surface area contributed by atoms with Crippen LogP contribution in [0.25, 0.3) is 0 Å². The molecule has 0 spiro atoms. The molecule has 1 amide bonds. The average molecular weight is 1450 g/mol. The van der Waals surface area contributed by atoms with Gasteiger partial charge in [0.15, 0.2) is 18.9 Å². The van der Waals surface area contributed by atoms with Crippen LogP contribution in [0.3, 0.4) is 0 Å². The second-order valence-electron chi connectivity index (χ2n) is 27.1. The number of aliphatic hydroxyl groups excluding tert-OH is 11. The molecule has 19 heteroatoms. The average Bonchev–Trinajstić information content (AvgIpc) is 0.781. The van der Waals surface area contributed by atoms with Crippen LogP contribution < -0.4 is 5.32 Å². The fourth-order valence-electron chi connectivity index (χ4n) is 12.0. The van der Waals surface area contributed by atoms with Crippen molar-refractivity contribution in [2.24, 2.45) is 0 Å². The maximum Gasteiger partial charge on any atom is 0.220 e. The number of aliphatic hydroxyl groups is 11. The van der Waals surface area contributed by atoms with Crippen LogP contribution in [0.1, 0.15) is 232 Å². The quantitative estimate of drug-likeness (QED) is 0.0199. The van der Waals surface area contributed by atoms with Crippen LogP contribution in [0, 0.1) is 0 Å². The smallest absolute Gasteiger partial charge is 0.220 e. The van der Waals surface area contributed by atoms with E-state index >= 15 is 0 Å². The van der Waals surface area contributed by atoms with Crippen LogP contribution in [0.2, 0.25) is 0 Å². The van der Waals surface area contributed by atoms with Gasteiger partial charge in [0.1, 0.15) is 73.2 Å². The highest BCUT2D eigenvalue weighted by atomic mass is 16.8. The summed E-state index contributed by atoms with van der Waals surface area (Å²) < 4.78 is 34.4. The number of ether oxygens (including phenoxy) is 6. The minimum absolute atomic E-state index is 0.191. The Bertz CT molecular complexity index is 2480. The number of amides is 1. The Labute approximate surface area is 618 Å². The molecule has 0 bridgehead atoms. The van der Waals surface area contributed by atoms with E-state index in [1.165, 1.54) is 83.5 Å². The van der Waals surface area contributed by atoms with Crippen molar-refractivity contribution >= 4 is 5.91 Å². The topological polar surface area (TPSA) is 307 Å². The molecule has 0 aliphatic carbocycles. The van der Waals surface area contributed by atoms with Crippen molar-refractivity contribution in [1.29, 1.82) is 0 Å². The Kier molecular flexibility index (Phi) is 56.2. The molecular weight excluding hydrogens is 1310 g/mol. The molecule has 17 unspecified atom stereocenters. The van der Waals surface area contributed by atoms with Crippen LogP contribution >= 0.6 is 0 Å². The zero-order valence-corrected chi connectivity index (χ0v) is 62.5. The van der Waals surface area contributed by atoms with Crippen molar-refractivity contribution in [2.45, 2.75) is 336 Å². The third kappa shape index (κ3) is 42.5. The van der Waals surface area contributed by atoms with E-state index in [0.29, 0.717) is 12.8 Å². The fourth-order valence-corrected chi connectivity index (χ4v) is 12.0. The third-order valence-electron chi connectivity index (χ3n) is 18.3. The van der Waals surface area contributed by atoms with Crippen molar-refractivity contribution in [2.75, 3.05) is 26.4 Å². The van der Waals surface area contributed by atoms with Gasteiger partial charge in [-0.3, -0.25) is 4.79 Å². The minimum atomic E-state index is -1.99. The van der Waals surface area contributed by atoms with Crippen LogP contribution in [-0.2, 0) is 33.2 Å². The molecule has 12 N–H and O–H groups in total. The lowest BCUT2D eigenvalue weighted by Crippen LogP contribution is -2.66. The van der Waals surface area contributed by atoms with Crippen molar-refractivity contribution in [3.05, 3.63) is 158 Å². The lowest BCUT2D eigenvalue weighted by atomic mass is 9.96. The molecule has 103 heavy (non-hydrogen) atoms. The predicted octanol–water partition coefficient (Wildman–Crippen LogP) is 12.8. The summed E-state index contributed by atoms with van der Waals surface area (Å²) in [7, 11) is 0. The van der Waals surface area contributed by atoms with Gasteiger partial charge in [-0.25, -0.2) is 0 Å². The normalized spacial score (nSPS) is 26.9. The van der Waals surface area contributed by atoms with E-state index in [1.54, 1.807) is 6.08 Å². The SMILES string of the molecule is CC/C=C\C/C=C\C/C=C\C/C=C\C/C=C\C/C=C\C/C=C\C/C=C\C/C=C\C/C=C\CCCCCCC(=O)NC(COC1OC(CO)C(OC2OC(CO)C(OC3OC(CO)C(O)C(O)C3O)C(O)C2O)C(O)C1O)C(O)/C=C/CC/C=C/CC/C=C/CCCCCCCCCCCCCCC. The van der Waals surface area contributed by atoms with E-state index in [2.05, 4.69) is 165 Å². The summed E-state index contributed by atoms with van der Waals surface area (Å²) >= 11 is 0. The van der Waals surface area contributed by atoms with Crippen molar-refractivity contribution in [1.82, 2.24) is 5.32 Å². The lowest BCUT2D eigenvalue weighted by Gasteiger charge is -2.48. The summed E-state index contributed by atoms with van der Waals surface area (Å²) in [5.74, 6) is -0.320. The molecular formula is C84H137NO18. The number of carbonyl (C=O) groups is 1. The molecule has 0 radical (unpaired) electrons. The first kappa shape index (κ1) is 92.6. The number of hydrogen-bond donors (Lipinski definition) is 12. The molecule has 0 aromatic rings. The molecule has 586 valence electrons. The van der Waals surface area contributed by atoms with Gasteiger partial charge in [-0.05, 0) is 122 Å². The number of carbonyl (C=O) groups excluding carboxylic acids is 1. The number of allylic oxidation sites excluding steroid dienone is 25. The highest BCUT2D eigenvalue weighted by Gasteiger charge is 2.53. The van der Waals surface area contributed by atoms with Gasteiger partial charge in [-0.2, -0.15) is 0 Å². The number of unbranched alkanes of at least 4 members (excludes halogenated alkanes) is 19. The maximum absolute atomic E-state index is 13.5. The van der Waals surface area contributed by atoms with Gasteiger partial charge in [0.25, 0.3) is 0 Å². The summed E-state index contributed by atoms with van der Waals surface area (Å²) in [5.41, 5.74) is 0. The van der Waals surface area contributed by atoms with Gasteiger partial charge in [-0.15, -0.1) is 0 Å². The molecule has 0 aromatic heterocycles. The molecule has 0 saturated carbocycles. The largest absolute Gasteiger partial charge is 0.394 e. The molecule has 19 nitrogen and oxygen atoms in total. The van der Waals surface area contributed by atoms with Crippen LogP contribution in [0.5, 0.6) is 0 Å². The molecule has 17 atom stereocenters. The van der Waals surface area contributed by atoms with Gasteiger partial charge in [0.2, 0.25) is 5.91 Å². The standard InChI is InChI=1S/C84H137NO18/c1-3-5-7-9-11-13-15-17-19-21-23-25-27-28-29-30-31-32-33-34-35-36-37-38-40-42-44-46-48-50-52-54-56-58-60-62-72(90)85-67(68(89)61-59-57-55-53-51-49-47-45-43-41-39-26-24-22-20-18-16-14-12-10-8-6-4-2)66-98-82-78(96)75(93)80(70(64-87)100-82)103-84-79(97)76(94)81(71(65-88)101-84)102-83-77(95)74(92)73(91)69(63-86)99-83/h5,7,11,13,17,19,23,25,28-29,31-32,34-35,37-38,42-45,48,50-51,53,59,61,67-71,73-84,86-89,91-97H,3-4,6,8-10,12,14-16,18,20-22,24,26-27,30,33,36,39-41,46-47,49,52,54-58,60,62-66H2,1-2H3,(H,85,90)/b7-5-,13-11-,19-17-,25-23-,29-28-,32-31-,35-34-,38-37-,44-42-,45-43+,50-48-,53-51+,61-59+. The molecule has 3 rings (SSSR count). The van der Waals surface area contributed by atoms with Gasteiger partial charge in [0.05, 0.1) is 38.6 Å². The molecule has 3 aliphatic rings. The van der Waals surface area contributed by atoms with E-state index < -0.39 is 131 Å². The van der Waals surface area contributed by atoms with E-state index in [9.17, 15) is 61.0 Å². The first-order chi connectivity index (χ1) is 50.3. The molecule has 3 heterocycles. The summed E-state index contributed by atoms with van der Waals surface area (Å²) in [6.07, 6.45) is 65.0. The van der Waals surface area contributed by atoms with Gasteiger partial charge in [-0.1, -0.05) is 262 Å². The lowest BCUT2D eigenvalue weighted by molar-refractivity contribution is -0.379. The monoisotopic (exact) mass is 1450 g/mol. The summed E-state index contributed by atoms with van der Waals surface area (Å²) in [5, 5.41) is 121. The second-order valence-corrected chi connectivity index (χ2v) is 27.1. The van der Waals surface area contributed by atoms with E-state index in [4.69, 9.17) is 28.4 Å². The number of nitrogens with one attached hydrogen (secondary N) is 1. The van der Waals surface area contributed by atoms with E-state index in [-0.39, 0.29) is 12.3 Å². The minimum Gasteiger partial charge on any atom is -0.394 e. The Morgan fingerprint density at radius 2 is 0.680 bits per heavy atom. The van der Waals surface area contributed by atoms with Crippen LogP contribution in [-0.4, -0.2) is 193 Å². The maximum atomic E-state index is 13.5. The van der Waals surface area contributed by atoms with Gasteiger partial charge in [0, 0.05) is 6.42 Å². The zero-order valence-electron chi connectivity index (χ0n) is 62.5. The highest BCUT2D eigenvalue weighted by Crippen LogP contribution is 2.33. The Morgan fingerprint density at radius 3 is 1.09 bits per heavy atom. The summed E-state index contributed by atoms with van der Waals surface area (Å²) in [6, 6.07) is -1.02. The highest BCUT2D eigenvalue weighted by molar-refractivity contribution is 5.76. The van der Waals surface area contributed by atoms with Crippen molar-refractivity contribution < 1.29 is 89.4 Å². The molecule has 3 saturated heterocycles. The van der Waals surface area contributed by atoms with E-state index in [0.717, 1.165) is 116 Å². The van der Waals surface area contributed by atoms with Crippen molar-refractivity contribution in [3.8, 4) is 0 Å². The Balaban J connectivity index is 1.42. The van der Waals surface area contributed by atoms with E-state index in [1.807, 2.05) is 6.08 Å². The van der Waals surface area contributed by atoms with Gasteiger partial charge < -0.3 is 89.9 Å². The molecule has 3 aliphatic heterocycles. The summed E-state index contributed by atoms with van der Waals surface area (Å²) in [6.45, 7) is 1.57. The second kappa shape index (κ2) is 62.4. The Hall–Kier alpha value is -4.59. The third-order valence-corrected chi connectivity index (χ3v) is 18.3. The van der Waals surface area contributed by atoms with Crippen LogP contribution in [0.4, 0.5) is 0 Å². The first-order valence-electron chi connectivity index (χ1n) is 39.2. The zero-order chi connectivity index (χ0) is 74.6. The number of rotatable bonds is 59. The Morgan fingerprint density at radius 1 is 0.359 bits per heavy atom. The van der Waals surface area contributed by atoms with Crippen molar-refractivity contribution in [3.63, 3.8) is 0 Å². The van der Waals surface area contributed by atoms with Crippen LogP contribution in [0.15, 0.2) is 158 Å². The van der Waals surface area contributed by atoms with Gasteiger partial charge >= 0.3 is 0 Å². The number of hydrogen-bond acceptors (Lipinski definition) is 18. The predicted molar refractivity (Wildman–Crippen MR) is 410 cm³/mol.